The molecule has 0 unspecified atom stereocenters. The van der Waals surface area contributed by atoms with Crippen LogP contribution in [0.1, 0.15) is 41.0 Å². The summed E-state index contributed by atoms with van der Waals surface area (Å²) >= 11 is 0. The van der Waals surface area contributed by atoms with Gasteiger partial charge in [-0.25, -0.2) is 0 Å². The Balaban J connectivity index is 1.38. The maximum atomic E-state index is 12.9. The SMILES string of the molecule is Cc1ccc(-c2nnc3n2CCCCC3)cc1NC(=O)c1ccc(-c2ccccc2)cc1. The lowest BCUT2D eigenvalue weighted by molar-refractivity contribution is 0.102. The van der Waals surface area contributed by atoms with Gasteiger partial charge < -0.3 is 9.88 Å². The fourth-order valence-electron chi connectivity index (χ4n) is 4.23. The summed E-state index contributed by atoms with van der Waals surface area (Å²) in [6.45, 7) is 2.95. The lowest BCUT2D eigenvalue weighted by Gasteiger charge is -2.12. The van der Waals surface area contributed by atoms with Crippen LogP contribution in [0.4, 0.5) is 5.69 Å². The van der Waals surface area contributed by atoms with Gasteiger partial charge in [-0.15, -0.1) is 10.2 Å². The highest BCUT2D eigenvalue weighted by molar-refractivity contribution is 6.05. The highest BCUT2D eigenvalue weighted by Gasteiger charge is 2.17. The van der Waals surface area contributed by atoms with E-state index in [1.807, 2.05) is 61.5 Å². The highest BCUT2D eigenvalue weighted by Crippen LogP contribution is 2.27. The molecule has 1 aromatic heterocycles. The molecule has 0 aliphatic carbocycles. The first-order valence-corrected chi connectivity index (χ1v) is 11.2. The van der Waals surface area contributed by atoms with Gasteiger partial charge in [-0.3, -0.25) is 4.79 Å². The lowest BCUT2D eigenvalue weighted by atomic mass is 10.0. The van der Waals surface area contributed by atoms with Crippen LogP contribution in [0.25, 0.3) is 22.5 Å². The summed E-state index contributed by atoms with van der Waals surface area (Å²) in [5.74, 6) is 1.82. The lowest BCUT2D eigenvalue weighted by Crippen LogP contribution is -2.13. The summed E-state index contributed by atoms with van der Waals surface area (Å²) < 4.78 is 2.23. The number of rotatable bonds is 4. The minimum absolute atomic E-state index is 0.120. The van der Waals surface area contributed by atoms with Crippen molar-refractivity contribution in [2.45, 2.75) is 39.2 Å². The van der Waals surface area contributed by atoms with Crippen LogP contribution in [0.2, 0.25) is 0 Å². The zero-order valence-corrected chi connectivity index (χ0v) is 18.2. The van der Waals surface area contributed by atoms with E-state index >= 15 is 0 Å². The molecule has 0 spiro atoms. The van der Waals surface area contributed by atoms with Crippen molar-refractivity contribution in [1.29, 1.82) is 0 Å². The molecule has 1 aliphatic heterocycles. The molecule has 0 bridgehead atoms. The molecule has 5 nitrogen and oxygen atoms in total. The van der Waals surface area contributed by atoms with Gasteiger partial charge in [0.1, 0.15) is 5.82 Å². The number of anilines is 1. The average Bonchev–Trinajstić information content (AvgIpc) is 3.09. The van der Waals surface area contributed by atoms with Crippen LogP contribution < -0.4 is 5.32 Å². The Morgan fingerprint density at radius 1 is 0.844 bits per heavy atom. The number of hydrogen-bond acceptors (Lipinski definition) is 3. The minimum Gasteiger partial charge on any atom is -0.322 e. The molecule has 5 heteroatoms. The van der Waals surface area contributed by atoms with E-state index in [1.54, 1.807) is 0 Å². The molecule has 1 N–H and O–H groups in total. The number of benzene rings is 3. The van der Waals surface area contributed by atoms with Crippen molar-refractivity contribution in [3.8, 4) is 22.5 Å². The number of carbonyl (C=O) groups is 1. The molecule has 3 aromatic carbocycles. The van der Waals surface area contributed by atoms with Crippen LogP contribution in [0.15, 0.2) is 72.8 Å². The molecule has 5 rings (SSSR count). The standard InChI is InChI=1S/C27H26N4O/c1-19-11-12-23(26-30-29-25-10-6-3-7-17-31(25)26)18-24(19)28-27(32)22-15-13-21(14-16-22)20-8-4-2-5-9-20/h2,4-5,8-9,11-16,18H,3,6-7,10,17H2,1H3,(H,28,32). The molecule has 0 atom stereocenters. The smallest absolute Gasteiger partial charge is 0.255 e. The van der Waals surface area contributed by atoms with E-state index in [-0.39, 0.29) is 5.91 Å². The van der Waals surface area contributed by atoms with E-state index in [4.69, 9.17) is 0 Å². The fraction of sp³-hybridized carbons (Fsp3) is 0.222. The molecule has 0 fully saturated rings. The highest BCUT2D eigenvalue weighted by atomic mass is 16.1. The van der Waals surface area contributed by atoms with Gasteiger partial charge in [-0.05, 0) is 54.7 Å². The van der Waals surface area contributed by atoms with Gasteiger partial charge in [0.25, 0.3) is 5.91 Å². The van der Waals surface area contributed by atoms with Gasteiger partial charge in [0.2, 0.25) is 0 Å². The first kappa shape index (κ1) is 20.2. The minimum atomic E-state index is -0.120. The molecule has 32 heavy (non-hydrogen) atoms. The molecule has 0 radical (unpaired) electrons. The van der Waals surface area contributed by atoms with Gasteiger partial charge in [-0.1, -0.05) is 61.0 Å². The van der Waals surface area contributed by atoms with E-state index in [2.05, 4.69) is 38.3 Å². The Labute approximate surface area is 188 Å². The Bertz CT molecular complexity index is 1240. The first-order valence-electron chi connectivity index (χ1n) is 11.2. The molecule has 160 valence electrons. The Morgan fingerprint density at radius 2 is 1.59 bits per heavy atom. The van der Waals surface area contributed by atoms with Crippen LogP contribution in [0.3, 0.4) is 0 Å². The quantitative estimate of drug-likeness (QED) is 0.445. The average molecular weight is 423 g/mol. The topological polar surface area (TPSA) is 59.8 Å². The molecule has 4 aromatic rings. The van der Waals surface area contributed by atoms with Crippen molar-refractivity contribution in [2.24, 2.45) is 0 Å². The number of carbonyl (C=O) groups excluding carboxylic acids is 1. The van der Waals surface area contributed by atoms with Crippen molar-refractivity contribution in [2.75, 3.05) is 5.32 Å². The van der Waals surface area contributed by atoms with Crippen LogP contribution >= 0.6 is 0 Å². The molecule has 1 amide bonds. The molecule has 1 aliphatic rings. The van der Waals surface area contributed by atoms with Gasteiger partial charge in [0.05, 0.1) is 0 Å². The zero-order chi connectivity index (χ0) is 21.9. The van der Waals surface area contributed by atoms with E-state index in [1.165, 1.54) is 6.42 Å². The second-order valence-electron chi connectivity index (χ2n) is 8.33. The monoisotopic (exact) mass is 422 g/mol. The van der Waals surface area contributed by atoms with E-state index in [0.29, 0.717) is 5.56 Å². The third kappa shape index (κ3) is 4.06. The molecule has 0 saturated heterocycles. The normalized spacial score (nSPS) is 13.3. The number of nitrogens with one attached hydrogen (secondary N) is 1. The van der Waals surface area contributed by atoms with E-state index in [9.17, 15) is 4.79 Å². The van der Waals surface area contributed by atoms with Crippen molar-refractivity contribution in [1.82, 2.24) is 14.8 Å². The van der Waals surface area contributed by atoms with Crippen molar-refractivity contribution in [3.05, 3.63) is 89.7 Å². The van der Waals surface area contributed by atoms with Crippen molar-refractivity contribution < 1.29 is 4.79 Å². The Kier molecular flexibility index (Phi) is 5.55. The van der Waals surface area contributed by atoms with Gasteiger partial charge in [0.15, 0.2) is 5.82 Å². The van der Waals surface area contributed by atoms with Gasteiger partial charge in [0, 0.05) is 29.8 Å². The van der Waals surface area contributed by atoms with E-state index < -0.39 is 0 Å². The summed E-state index contributed by atoms with van der Waals surface area (Å²) in [5, 5.41) is 12.0. The van der Waals surface area contributed by atoms with Gasteiger partial charge >= 0.3 is 0 Å². The summed E-state index contributed by atoms with van der Waals surface area (Å²) in [5.41, 5.74) is 5.64. The van der Waals surface area contributed by atoms with Gasteiger partial charge in [-0.2, -0.15) is 0 Å². The van der Waals surface area contributed by atoms with E-state index in [0.717, 1.165) is 65.4 Å². The number of hydrogen-bond donors (Lipinski definition) is 1. The number of aryl methyl sites for hydroxylation is 2. The summed E-state index contributed by atoms with van der Waals surface area (Å²) in [7, 11) is 0. The first-order chi connectivity index (χ1) is 15.7. The predicted octanol–water partition coefficient (Wildman–Crippen LogP) is 5.90. The van der Waals surface area contributed by atoms with Crippen LogP contribution in [0, 0.1) is 6.92 Å². The summed E-state index contributed by atoms with van der Waals surface area (Å²) in [6.07, 6.45) is 4.51. The fourth-order valence-corrected chi connectivity index (χ4v) is 4.23. The largest absolute Gasteiger partial charge is 0.322 e. The Morgan fingerprint density at radius 3 is 2.41 bits per heavy atom. The number of nitrogens with zero attached hydrogens (tertiary/aromatic N) is 3. The molecule has 0 saturated carbocycles. The van der Waals surface area contributed by atoms with Crippen LogP contribution in [-0.4, -0.2) is 20.7 Å². The van der Waals surface area contributed by atoms with Crippen LogP contribution in [0.5, 0.6) is 0 Å². The number of fused-ring (bicyclic) bond motifs is 1. The summed E-state index contributed by atoms with van der Waals surface area (Å²) in [4.78, 5) is 12.9. The van der Waals surface area contributed by atoms with Crippen molar-refractivity contribution in [3.63, 3.8) is 0 Å². The number of amides is 1. The maximum absolute atomic E-state index is 12.9. The second kappa shape index (κ2) is 8.79. The third-order valence-electron chi connectivity index (χ3n) is 6.11. The zero-order valence-electron chi connectivity index (χ0n) is 18.2. The molecule has 2 heterocycles. The number of aromatic nitrogens is 3. The van der Waals surface area contributed by atoms with Crippen LogP contribution in [-0.2, 0) is 13.0 Å². The predicted molar refractivity (Wildman–Crippen MR) is 128 cm³/mol. The molecular formula is C27H26N4O. The summed E-state index contributed by atoms with van der Waals surface area (Å²) in [6, 6.07) is 24.0. The maximum Gasteiger partial charge on any atom is 0.255 e. The third-order valence-corrected chi connectivity index (χ3v) is 6.11. The molecular weight excluding hydrogens is 396 g/mol. The van der Waals surface area contributed by atoms with Crippen molar-refractivity contribution >= 4 is 11.6 Å². The Hall–Kier alpha value is -3.73. The second-order valence-corrected chi connectivity index (χ2v) is 8.33.